The average molecular weight is 288 g/mol. The zero-order valence-corrected chi connectivity index (χ0v) is 13.2. The minimum absolute atomic E-state index is 0.500. The summed E-state index contributed by atoms with van der Waals surface area (Å²) in [6.45, 7) is 10.6. The summed E-state index contributed by atoms with van der Waals surface area (Å²) in [7, 11) is 0. The molecule has 3 rings (SSSR count). The van der Waals surface area contributed by atoms with Crippen molar-refractivity contribution in [1.29, 1.82) is 0 Å². The van der Waals surface area contributed by atoms with Gasteiger partial charge in [0.25, 0.3) is 0 Å². The SMILES string of the molecule is CC1CCCN(C(CN2CCNCC2)c2cccnc2)C1. The number of hydrogen-bond donors (Lipinski definition) is 1. The van der Waals surface area contributed by atoms with Crippen molar-refractivity contribution < 1.29 is 0 Å². The molecule has 0 amide bonds. The van der Waals surface area contributed by atoms with E-state index in [4.69, 9.17) is 0 Å². The van der Waals surface area contributed by atoms with E-state index in [9.17, 15) is 0 Å². The zero-order valence-electron chi connectivity index (χ0n) is 13.2. The van der Waals surface area contributed by atoms with Gasteiger partial charge in [-0.15, -0.1) is 0 Å². The molecular formula is C17H28N4. The molecule has 116 valence electrons. The van der Waals surface area contributed by atoms with Gasteiger partial charge in [0.05, 0.1) is 0 Å². The Kier molecular flexibility index (Phi) is 5.22. The highest BCUT2D eigenvalue weighted by atomic mass is 15.2. The smallest absolute Gasteiger partial charge is 0.0490 e. The van der Waals surface area contributed by atoms with E-state index in [1.54, 1.807) is 0 Å². The van der Waals surface area contributed by atoms with E-state index in [-0.39, 0.29) is 0 Å². The topological polar surface area (TPSA) is 31.4 Å². The molecule has 1 aromatic heterocycles. The summed E-state index contributed by atoms with van der Waals surface area (Å²) in [5, 5.41) is 3.45. The van der Waals surface area contributed by atoms with Crippen molar-refractivity contribution in [3.63, 3.8) is 0 Å². The normalized spacial score (nSPS) is 26.6. The second-order valence-corrected chi connectivity index (χ2v) is 6.60. The zero-order chi connectivity index (χ0) is 14.5. The van der Waals surface area contributed by atoms with E-state index >= 15 is 0 Å². The third-order valence-electron chi connectivity index (χ3n) is 4.84. The van der Waals surface area contributed by atoms with E-state index in [0.717, 1.165) is 25.6 Å². The Morgan fingerprint density at radius 3 is 2.90 bits per heavy atom. The molecule has 2 unspecified atom stereocenters. The van der Waals surface area contributed by atoms with Gasteiger partial charge in [-0.1, -0.05) is 13.0 Å². The first-order valence-corrected chi connectivity index (χ1v) is 8.40. The van der Waals surface area contributed by atoms with Crippen molar-refractivity contribution in [3.05, 3.63) is 30.1 Å². The Bertz CT molecular complexity index is 416. The lowest BCUT2D eigenvalue weighted by Crippen LogP contribution is -2.48. The van der Waals surface area contributed by atoms with Gasteiger partial charge in [-0.2, -0.15) is 0 Å². The standard InChI is InChI=1S/C17H28N4/c1-15-4-3-9-21(13-15)17(16-5-2-6-19-12-16)14-20-10-7-18-8-11-20/h2,5-6,12,15,17-18H,3-4,7-11,13-14H2,1H3. The largest absolute Gasteiger partial charge is 0.314 e. The first-order valence-electron chi connectivity index (χ1n) is 8.40. The lowest BCUT2D eigenvalue weighted by atomic mass is 9.96. The fraction of sp³-hybridized carbons (Fsp3) is 0.706. The minimum Gasteiger partial charge on any atom is -0.314 e. The van der Waals surface area contributed by atoms with Gasteiger partial charge < -0.3 is 5.32 Å². The molecule has 2 saturated heterocycles. The molecule has 0 aliphatic carbocycles. The summed E-state index contributed by atoms with van der Waals surface area (Å²) in [5.41, 5.74) is 1.38. The first kappa shape index (κ1) is 14.9. The van der Waals surface area contributed by atoms with Crippen LogP contribution >= 0.6 is 0 Å². The molecule has 4 nitrogen and oxygen atoms in total. The molecule has 1 aromatic rings. The van der Waals surface area contributed by atoms with Crippen LogP contribution in [0.3, 0.4) is 0 Å². The molecule has 2 atom stereocenters. The highest BCUT2D eigenvalue weighted by Gasteiger charge is 2.27. The predicted molar refractivity (Wildman–Crippen MR) is 86.3 cm³/mol. The highest BCUT2D eigenvalue weighted by molar-refractivity contribution is 5.15. The third-order valence-corrected chi connectivity index (χ3v) is 4.84. The summed E-state index contributed by atoms with van der Waals surface area (Å²) in [5.74, 6) is 0.820. The maximum Gasteiger partial charge on any atom is 0.0490 e. The number of piperidine rings is 1. The summed E-state index contributed by atoms with van der Waals surface area (Å²) in [6, 6.07) is 4.83. The van der Waals surface area contributed by atoms with E-state index in [1.807, 2.05) is 6.20 Å². The molecule has 3 heterocycles. The van der Waals surface area contributed by atoms with E-state index < -0.39 is 0 Å². The number of nitrogens with one attached hydrogen (secondary N) is 1. The average Bonchev–Trinajstić information content (AvgIpc) is 2.54. The van der Waals surface area contributed by atoms with E-state index in [1.165, 1.54) is 44.6 Å². The van der Waals surface area contributed by atoms with Crippen molar-refractivity contribution in [2.45, 2.75) is 25.8 Å². The quantitative estimate of drug-likeness (QED) is 0.915. The Labute approximate surface area is 128 Å². The predicted octanol–water partition coefficient (Wildman–Crippen LogP) is 1.76. The molecule has 2 aliphatic rings. The van der Waals surface area contributed by atoms with Crippen molar-refractivity contribution in [3.8, 4) is 0 Å². The van der Waals surface area contributed by atoms with E-state index in [2.05, 4.69) is 45.4 Å². The maximum atomic E-state index is 4.35. The molecule has 0 spiro atoms. The van der Waals surface area contributed by atoms with Gasteiger partial charge in [0, 0.05) is 57.7 Å². The van der Waals surface area contributed by atoms with Crippen LogP contribution in [0.15, 0.2) is 24.5 Å². The number of piperazine rings is 1. The van der Waals surface area contributed by atoms with Crippen LogP contribution in [0.4, 0.5) is 0 Å². The molecule has 4 heteroatoms. The van der Waals surface area contributed by atoms with Crippen molar-refractivity contribution >= 4 is 0 Å². The lowest BCUT2D eigenvalue weighted by molar-refractivity contribution is 0.0911. The second-order valence-electron chi connectivity index (χ2n) is 6.60. The van der Waals surface area contributed by atoms with Crippen molar-refractivity contribution in [2.75, 3.05) is 45.8 Å². The molecule has 1 N–H and O–H groups in total. The van der Waals surface area contributed by atoms with Crippen LogP contribution in [0, 0.1) is 5.92 Å². The Morgan fingerprint density at radius 2 is 2.19 bits per heavy atom. The van der Waals surface area contributed by atoms with Crippen LogP contribution < -0.4 is 5.32 Å². The molecule has 2 aliphatic heterocycles. The minimum atomic E-state index is 0.500. The van der Waals surface area contributed by atoms with Crippen LogP contribution in [0.1, 0.15) is 31.4 Å². The van der Waals surface area contributed by atoms with Crippen molar-refractivity contribution in [2.24, 2.45) is 5.92 Å². The molecule has 21 heavy (non-hydrogen) atoms. The van der Waals surface area contributed by atoms with Crippen LogP contribution in [-0.2, 0) is 0 Å². The van der Waals surface area contributed by atoms with E-state index in [0.29, 0.717) is 6.04 Å². The third kappa shape index (κ3) is 4.02. The summed E-state index contributed by atoms with van der Waals surface area (Å²) in [4.78, 5) is 9.65. The highest BCUT2D eigenvalue weighted by Crippen LogP contribution is 2.27. The lowest BCUT2D eigenvalue weighted by Gasteiger charge is -2.40. The Balaban J connectivity index is 1.73. The monoisotopic (exact) mass is 288 g/mol. The molecule has 0 saturated carbocycles. The Hall–Kier alpha value is -0.970. The van der Waals surface area contributed by atoms with Gasteiger partial charge >= 0.3 is 0 Å². The molecular weight excluding hydrogens is 260 g/mol. The summed E-state index contributed by atoms with van der Waals surface area (Å²) in [6.07, 6.45) is 6.65. The van der Waals surface area contributed by atoms with Gasteiger partial charge in [0.2, 0.25) is 0 Å². The fourth-order valence-corrected chi connectivity index (χ4v) is 3.65. The van der Waals surface area contributed by atoms with Gasteiger partial charge in [-0.3, -0.25) is 14.8 Å². The van der Waals surface area contributed by atoms with Gasteiger partial charge in [-0.25, -0.2) is 0 Å². The summed E-state index contributed by atoms with van der Waals surface area (Å²) < 4.78 is 0. The number of pyridine rings is 1. The van der Waals surface area contributed by atoms with Crippen molar-refractivity contribution in [1.82, 2.24) is 20.1 Å². The molecule has 0 bridgehead atoms. The van der Waals surface area contributed by atoms with Crippen LogP contribution in [0.2, 0.25) is 0 Å². The first-order chi connectivity index (χ1) is 10.3. The molecule has 0 radical (unpaired) electrons. The maximum absolute atomic E-state index is 4.35. The number of nitrogens with zero attached hydrogens (tertiary/aromatic N) is 3. The van der Waals surface area contributed by atoms with Gasteiger partial charge in [-0.05, 0) is 36.9 Å². The number of aromatic nitrogens is 1. The number of rotatable bonds is 4. The van der Waals surface area contributed by atoms with Crippen LogP contribution in [-0.4, -0.2) is 60.6 Å². The second kappa shape index (κ2) is 7.34. The summed E-state index contributed by atoms with van der Waals surface area (Å²) >= 11 is 0. The van der Waals surface area contributed by atoms with Crippen LogP contribution in [0.25, 0.3) is 0 Å². The van der Waals surface area contributed by atoms with Gasteiger partial charge in [0.1, 0.15) is 0 Å². The molecule has 2 fully saturated rings. The Morgan fingerprint density at radius 1 is 1.33 bits per heavy atom. The fourth-order valence-electron chi connectivity index (χ4n) is 3.65. The number of hydrogen-bond acceptors (Lipinski definition) is 4. The number of likely N-dealkylation sites (tertiary alicyclic amines) is 1. The molecule has 0 aromatic carbocycles. The van der Waals surface area contributed by atoms with Crippen LogP contribution in [0.5, 0.6) is 0 Å². The van der Waals surface area contributed by atoms with Gasteiger partial charge in [0.15, 0.2) is 0 Å².